The van der Waals surface area contributed by atoms with Crippen LogP contribution in [0.2, 0.25) is 0 Å². The van der Waals surface area contributed by atoms with E-state index in [0.29, 0.717) is 12.5 Å². The lowest BCUT2D eigenvalue weighted by molar-refractivity contribution is 0.284. The summed E-state index contributed by atoms with van der Waals surface area (Å²) in [4.78, 5) is 13.7. The third-order valence-corrected chi connectivity index (χ3v) is 4.50. The number of aromatic nitrogens is 4. The van der Waals surface area contributed by atoms with Gasteiger partial charge in [-0.2, -0.15) is 10.1 Å². The Kier molecular flexibility index (Phi) is 5.86. The van der Waals surface area contributed by atoms with E-state index in [-0.39, 0.29) is 0 Å². The first-order valence-electron chi connectivity index (χ1n) is 9.14. The van der Waals surface area contributed by atoms with Crippen LogP contribution in [0.5, 0.6) is 5.88 Å². The number of rotatable bonds is 6. The Bertz CT molecular complexity index is 686. The molecule has 0 N–H and O–H groups in total. The molecule has 1 aliphatic heterocycles. The van der Waals surface area contributed by atoms with Crippen molar-refractivity contribution in [3.05, 3.63) is 29.7 Å². The molecule has 2 aromatic rings. The number of anilines is 1. The van der Waals surface area contributed by atoms with Crippen molar-refractivity contribution in [2.75, 3.05) is 37.7 Å². The van der Waals surface area contributed by atoms with Gasteiger partial charge >= 0.3 is 0 Å². The van der Waals surface area contributed by atoms with Gasteiger partial charge < -0.3 is 9.64 Å². The van der Waals surface area contributed by atoms with Crippen LogP contribution in [0.4, 0.5) is 5.95 Å². The molecule has 0 saturated carbocycles. The van der Waals surface area contributed by atoms with Crippen LogP contribution in [0, 0.1) is 0 Å². The van der Waals surface area contributed by atoms with E-state index in [1.807, 2.05) is 24.7 Å². The van der Waals surface area contributed by atoms with Crippen molar-refractivity contribution >= 4 is 5.95 Å². The van der Waals surface area contributed by atoms with Crippen LogP contribution in [-0.4, -0.2) is 57.4 Å². The topological polar surface area (TPSA) is 59.3 Å². The molecule has 2 aromatic heterocycles. The molecule has 7 nitrogen and oxygen atoms in total. The lowest BCUT2D eigenvalue weighted by atomic mass is 10.2. The second-order valence-electron chi connectivity index (χ2n) is 6.37. The van der Waals surface area contributed by atoms with Gasteiger partial charge in [0, 0.05) is 63.8 Å². The first-order valence-corrected chi connectivity index (χ1v) is 9.14. The van der Waals surface area contributed by atoms with Crippen LogP contribution in [0.25, 0.3) is 0 Å². The number of ether oxygens (including phenoxy) is 1. The molecule has 0 atom stereocenters. The number of hydrogen-bond acceptors (Lipinski definition) is 6. The predicted molar refractivity (Wildman–Crippen MR) is 97.9 cm³/mol. The second-order valence-corrected chi connectivity index (χ2v) is 6.37. The molecule has 0 aliphatic carbocycles. The maximum atomic E-state index is 5.50. The lowest BCUT2D eigenvalue weighted by Gasteiger charge is -2.22. The fourth-order valence-corrected chi connectivity index (χ4v) is 3.30. The van der Waals surface area contributed by atoms with Gasteiger partial charge in [0.15, 0.2) is 0 Å². The number of nitrogens with zero attached hydrogens (tertiary/aromatic N) is 6. The Morgan fingerprint density at radius 3 is 2.84 bits per heavy atom. The zero-order chi connectivity index (χ0) is 17.6. The van der Waals surface area contributed by atoms with Crippen LogP contribution in [-0.2, 0) is 20.0 Å². The van der Waals surface area contributed by atoms with Crippen LogP contribution in [0.15, 0.2) is 18.5 Å². The highest BCUT2D eigenvalue weighted by Gasteiger charge is 2.19. The molecule has 3 heterocycles. The standard InChI is InChI=1S/C18H28N6O/c1-4-16-15(13-22(3)21-16)14-23-9-6-10-24(12-11-23)18-19-8-7-17(20-18)25-5-2/h7-8,13H,4-6,9-12,14H2,1-3H3. The minimum atomic E-state index is 0.620. The van der Waals surface area contributed by atoms with Gasteiger partial charge in [-0.1, -0.05) is 6.92 Å². The van der Waals surface area contributed by atoms with Crippen LogP contribution < -0.4 is 9.64 Å². The van der Waals surface area contributed by atoms with E-state index < -0.39 is 0 Å². The smallest absolute Gasteiger partial charge is 0.228 e. The average molecular weight is 344 g/mol. The summed E-state index contributed by atoms with van der Waals surface area (Å²) in [5.74, 6) is 1.42. The maximum Gasteiger partial charge on any atom is 0.228 e. The summed E-state index contributed by atoms with van der Waals surface area (Å²) in [5, 5.41) is 4.55. The quantitative estimate of drug-likeness (QED) is 0.797. The fraction of sp³-hybridized carbons (Fsp3) is 0.611. The van der Waals surface area contributed by atoms with Crippen molar-refractivity contribution in [3.63, 3.8) is 0 Å². The normalized spacial score (nSPS) is 16.0. The maximum absolute atomic E-state index is 5.50. The van der Waals surface area contributed by atoms with E-state index in [4.69, 9.17) is 4.74 Å². The summed E-state index contributed by atoms with van der Waals surface area (Å²) in [6, 6.07) is 1.81. The highest BCUT2D eigenvalue weighted by molar-refractivity contribution is 5.32. The average Bonchev–Trinajstić information content (AvgIpc) is 2.81. The molecule has 0 bridgehead atoms. The summed E-state index contributed by atoms with van der Waals surface area (Å²) in [6.07, 6.45) is 6.01. The first kappa shape index (κ1) is 17.7. The van der Waals surface area contributed by atoms with Gasteiger partial charge in [-0.3, -0.25) is 9.58 Å². The van der Waals surface area contributed by atoms with Crippen molar-refractivity contribution in [2.45, 2.75) is 33.2 Å². The fourth-order valence-electron chi connectivity index (χ4n) is 3.30. The molecule has 1 aliphatic rings. The van der Waals surface area contributed by atoms with Gasteiger partial charge in [0.25, 0.3) is 0 Å². The minimum Gasteiger partial charge on any atom is -0.478 e. The SMILES string of the molecule is CCOc1ccnc(N2CCCN(Cc3cn(C)nc3CC)CC2)n1. The minimum absolute atomic E-state index is 0.620. The summed E-state index contributed by atoms with van der Waals surface area (Å²) in [7, 11) is 2.00. The Hall–Kier alpha value is -2.15. The van der Waals surface area contributed by atoms with Crippen molar-refractivity contribution in [1.29, 1.82) is 0 Å². The Morgan fingerprint density at radius 2 is 2.04 bits per heavy atom. The molecular formula is C18H28N6O. The molecule has 0 amide bonds. The summed E-state index contributed by atoms with van der Waals surface area (Å²) in [6.45, 7) is 9.70. The number of aryl methyl sites for hydroxylation is 2. The summed E-state index contributed by atoms with van der Waals surface area (Å²) in [5.41, 5.74) is 2.55. The Balaban J connectivity index is 1.63. The zero-order valence-electron chi connectivity index (χ0n) is 15.5. The lowest BCUT2D eigenvalue weighted by Crippen LogP contribution is -2.31. The molecule has 0 spiro atoms. The molecule has 1 fully saturated rings. The summed E-state index contributed by atoms with van der Waals surface area (Å²) < 4.78 is 7.42. The van der Waals surface area contributed by atoms with Gasteiger partial charge in [-0.25, -0.2) is 4.98 Å². The van der Waals surface area contributed by atoms with Crippen LogP contribution in [0.1, 0.15) is 31.5 Å². The van der Waals surface area contributed by atoms with Crippen molar-refractivity contribution in [3.8, 4) is 5.88 Å². The molecule has 0 radical (unpaired) electrons. The molecular weight excluding hydrogens is 316 g/mol. The predicted octanol–water partition coefficient (Wildman–Crippen LogP) is 1.88. The molecule has 136 valence electrons. The Morgan fingerprint density at radius 1 is 1.16 bits per heavy atom. The van der Waals surface area contributed by atoms with E-state index >= 15 is 0 Å². The molecule has 0 unspecified atom stereocenters. The highest BCUT2D eigenvalue weighted by Crippen LogP contribution is 2.17. The number of hydrogen-bond donors (Lipinski definition) is 0. The van der Waals surface area contributed by atoms with E-state index in [9.17, 15) is 0 Å². The van der Waals surface area contributed by atoms with Crippen molar-refractivity contribution in [1.82, 2.24) is 24.6 Å². The third-order valence-electron chi connectivity index (χ3n) is 4.50. The van der Waals surface area contributed by atoms with Gasteiger partial charge in [-0.15, -0.1) is 0 Å². The van der Waals surface area contributed by atoms with E-state index in [1.165, 1.54) is 11.3 Å². The molecule has 25 heavy (non-hydrogen) atoms. The molecule has 0 aromatic carbocycles. The first-order chi connectivity index (χ1) is 12.2. The largest absolute Gasteiger partial charge is 0.478 e. The van der Waals surface area contributed by atoms with Crippen LogP contribution >= 0.6 is 0 Å². The monoisotopic (exact) mass is 344 g/mol. The molecule has 7 heteroatoms. The zero-order valence-corrected chi connectivity index (χ0v) is 15.5. The van der Waals surface area contributed by atoms with Gasteiger partial charge in [0.1, 0.15) is 0 Å². The molecule has 1 saturated heterocycles. The van der Waals surface area contributed by atoms with E-state index in [2.05, 4.69) is 38.0 Å². The van der Waals surface area contributed by atoms with Crippen molar-refractivity contribution in [2.24, 2.45) is 7.05 Å². The van der Waals surface area contributed by atoms with Gasteiger partial charge in [0.05, 0.1) is 12.3 Å². The third kappa shape index (κ3) is 4.48. The Labute approximate surface area is 149 Å². The highest BCUT2D eigenvalue weighted by atomic mass is 16.5. The van der Waals surface area contributed by atoms with E-state index in [0.717, 1.165) is 51.5 Å². The van der Waals surface area contributed by atoms with Gasteiger partial charge in [0.2, 0.25) is 11.8 Å². The van der Waals surface area contributed by atoms with Crippen molar-refractivity contribution < 1.29 is 4.74 Å². The summed E-state index contributed by atoms with van der Waals surface area (Å²) >= 11 is 0. The van der Waals surface area contributed by atoms with E-state index in [1.54, 1.807) is 6.20 Å². The molecule has 3 rings (SSSR count). The van der Waals surface area contributed by atoms with Crippen LogP contribution in [0.3, 0.4) is 0 Å². The second kappa shape index (κ2) is 8.29. The van der Waals surface area contributed by atoms with Gasteiger partial charge in [-0.05, 0) is 19.8 Å².